The average Bonchev–Trinajstić information content (AvgIpc) is 3.12. The van der Waals surface area contributed by atoms with Crippen LogP contribution in [0.3, 0.4) is 0 Å². The van der Waals surface area contributed by atoms with Crippen LogP contribution in [0.25, 0.3) is 11.3 Å². The number of pyridine rings is 1. The molecular weight excluding hydrogens is 317 g/mol. The Morgan fingerprint density at radius 2 is 2.33 bits per heavy atom. The van der Waals surface area contributed by atoms with Gasteiger partial charge in [0, 0.05) is 18.5 Å². The SMILES string of the molecule is Cc1ncc(O[C@@H]2CC[C@H](NC(=O)O)C2)c(-c2cc(N)n[nH]2)c1F. The van der Waals surface area contributed by atoms with Gasteiger partial charge in [0.15, 0.2) is 5.82 Å². The van der Waals surface area contributed by atoms with Gasteiger partial charge in [-0.05, 0) is 19.8 Å². The van der Waals surface area contributed by atoms with Crippen molar-refractivity contribution < 1.29 is 19.0 Å². The Balaban J connectivity index is 1.84. The first kappa shape index (κ1) is 16.0. The molecule has 0 radical (unpaired) electrons. The number of halogens is 1. The van der Waals surface area contributed by atoms with E-state index in [1.807, 2.05) is 0 Å². The quantitative estimate of drug-likeness (QED) is 0.677. The van der Waals surface area contributed by atoms with Crippen LogP contribution in [-0.2, 0) is 0 Å². The van der Waals surface area contributed by atoms with E-state index in [0.29, 0.717) is 25.0 Å². The number of H-pyrrole nitrogens is 1. The van der Waals surface area contributed by atoms with Gasteiger partial charge in [-0.3, -0.25) is 10.1 Å². The van der Waals surface area contributed by atoms with Gasteiger partial charge in [0.2, 0.25) is 0 Å². The van der Waals surface area contributed by atoms with Gasteiger partial charge in [0.05, 0.1) is 23.1 Å². The molecule has 0 saturated heterocycles. The molecule has 128 valence electrons. The number of hydrogen-bond donors (Lipinski definition) is 4. The van der Waals surface area contributed by atoms with Gasteiger partial charge >= 0.3 is 6.09 Å². The number of nitrogens with two attached hydrogens (primary N) is 1. The summed E-state index contributed by atoms with van der Waals surface area (Å²) in [5.74, 6) is 0.0217. The highest BCUT2D eigenvalue weighted by Gasteiger charge is 2.29. The number of nitrogens with zero attached hydrogens (tertiary/aromatic N) is 2. The number of aromatic amines is 1. The summed E-state index contributed by atoms with van der Waals surface area (Å²) < 4.78 is 20.5. The number of amides is 1. The van der Waals surface area contributed by atoms with E-state index in [4.69, 9.17) is 15.6 Å². The Morgan fingerprint density at radius 3 is 3.00 bits per heavy atom. The molecule has 0 spiro atoms. The fraction of sp³-hybridized carbons (Fsp3) is 0.400. The van der Waals surface area contributed by atoms with Gasteiger partial charge in [-0.25, -0.2) is 9.18 Å². The van der Waals surface area contributed by atoms with E-state index in [1.54, 1.807) is 6.92 Å². The maximum absolute atomic E-state index is 14.6. The van der Waals surface area contributed by atoms with Crippen molar-refractivity contribution in [2.24, 2.45) is 0 Å². The summed E-state index contributed by atoms with van der Waals surface area (Å²) in [5, 5.41) is 17.7. The molecular formula is C15H18FN5O3. The summed E-state index contributed by atoms with van der Waals surface area (Å²) in [6, 6.07) is 1.36. The normalized spacial score (nSPS) is 20.1. The molecule has 5 N–H and O–H groups in total. The summed E-state index contributed by atoms with van der Waals surface area (Å²) in [5.41, 5.74) is 6.47. The lowest BCUT2D eigenvalue weighted by atomic mass is 10.1. The Morgan fingerprint density at radius 1 is 1.54 bits per heavy atom. The van der Waals surface area contributed by atoms with Crippen molar-refractivity contribution >= 4 is 11.9 Å². The number of aromatic nitrogens is 3. The Kier molecular flexibility index (Phi) is 4.24. The zero-order chi connectivity index (χ0) is 17.3. The molecule has 3 rings (SSSR count). The highest BCUT2D eigenvalue weighted by molar-refractivity contribution is 5.69. The Hall–Kier alpha value is -2.84. The van der Waals surface area contributed by atoms with Gasteiger partial charge in [-0.15, -0.1) is 0 Å². The first-order valence-electron chi connectivity index (χ1n) is 7.56. The molecule has 24 heavy (non-hydrogen) atoms. The van der Waals surface area contributed by atoms with Gasteiger partial charge in [0.1, 0.15) is 17.7 Å². The molecule has 2 aromatic heterocycles. The molecule has 1 saturated carbocycles. The summed E-state index contributed by atoms with van der Waals surface area (Å²) in [6.07, 6.45) is 2.05. The van der Waals surface area contributed by atoms with Gasteiger partial charge in [-0.1, -0.05) is 0 Å². The minimum atomic E-state index is -1.06. The van der Waals surface area contributed by atoms with Crippen LogP contribution in [0.2, 0.25) is 0 Å². The molecule has 2 aromatic rings. The van der Waals surface area contributed by atoms with Crippen molar-refractivity contribution in [1.82, 2.24) is 20.5 Å². The second-order valence-electron chi connectivity index (χ2n) is 5.80. The molecule has 0 unspecified atom stereocenters. The molecule has 1 amide bonds. The summed E-state index contributed by atoms with van der Waals surface area (Å²) in [4.78, 5) is 14.7. The first-order valence-corrected chi connectivity index (χ1v) is 7.56. The molecule has 0 bridgehead atoms. The molecule has 8 nitrogen and oxygen atoms in total. The maximum Gasteiger partial charge on any atom is 0.404 e. The zero-order valence-electron chi connectivity index (χ0n) is 13.0. The molecule has 9 heteroatoms. The first-order chi connectivity index (χ1) is 11.4. The highest BCUT2D eigenvalue weighted by Crippen LogP contribution is 2.35. The minimum absolute atomic E-state index is 0.165. The Labute approximate surface area is 137 Å². The van der Waals surface area contributed by atoms with E-state index in [2.05, 4.69) is 20.5 Å². The second kappa shape index (κ2) is 6.34. The van der Waals surface area contributed by atoms with Crippen LogP contribution in [0, 0.1) is 12.7 Å². The topological polar surface area (TPSA) is 126 Å². The summed E-state index contributed by atoms with van der Waals surface area (Å²) >= 11 is 0. The third-order valence-corrected chi connectivity index (χ3v) is 4.03. The third-order valence-electron chi connectivity index (χ3n) is 4.03. The van der Waals surface area contributed by atoms with Crippen LogP contribution in [0.4, 0.5) is 15.0 Å². The van der Waals surface area contributed by atoms with E-state index in [0.717, 1.165) is 0 Å². The Bertz CT molecular complexity index is 764. The number of rotatable bonds is 4. The molecule has 1 aliphatic carbocycles. The molecule has 2 heterocycles. The molecule has 1 aliphatic rings. The summed E-state index contributed by atoms with van der Waals surface area (Å²) in [7, 11) is 0. The molecule has 0 aromatic carbocycles. The van der Waals surface area contributed by atoms with Crippen molar-refractivity contribution in [3.05, 3.63) is 23.8 Å². The van der Waals surface area contributed by atoms with Gasteiger partial charge in [0.25, 0.3) is 0 Å². The van der Waals surface area contributed by atoms with Crippen LogP contribution in [0.5, 0.6) is 5.75 Å². The van der Waals surface area contributed by atoms with E-state index >= 15 is 0 Å². The van der Waals surface area contributed by atoms with Crippen molar-refractivity contribution in [2.75, 3.05) is 5.73 Å². The molecule has 1 fully saturated rings. The predicted molar refractivity (Wildman–Crippen MR) is 84.1 cm³/mol. The third kappa shape index (κ3) is 3.24. The smallest absolute Gasteiger partial charge is 0.404 e. The standard InChI is InChI=1S/C15H18FN5O3/c1-7-14(16)13(10-5-12(17)21-20-10)11(6-18-7)24-9-3-2-8(4-9)19-15(22)23/h5-6,8-9,19H,2-4H2,1H3,(H,22,23)(H3,17,20,21)/t8-,9+/m0/s1. The number of nitrogen functional groups attached to an aromatic ring is 1. The lowest BCUT2D eigenvalue weighted by molar-refractivity contribution is 0.185. The number of nitrogens with one attached hydrogen (secondary N) is 2. The number of anilines is 1. The fourth-order valence-corrected chi connectivity index (χ4v) is 2.90. The number of carboxylic acid groups (broad SMARTS) is 1. The monoisotopic (exact) mass is 335 g/mol. The lowest BCUT2D eigenvalue weighted by Gasteiger charge is -2.17. The number of carbonyl (C=O) groups is 1. The van der Waals surface area contributed by atoms with Crippen LogP contribution < -0.4 is 15.8 Å². The van der Waals surface area contributed by atoms with Crippen molar-refractivity contribution in [3.8, 4) is 17.0 Å². The number of aryl methyl sites for hydroxylation is 1. The van der Waals surface area contributed by atoms with E-state index in [1.165, 1.54) is 12.3 Å². The fourth-order valence-electron chi connectivity index (χ4n) is 2.90. The van der Waals surface area contributed by atoms with Gasteiger partial charge in [-0.2, -0.15) is 5.10 Å². The van der Waals surface area contributed by atoms with Crippen molar-refractivity contribution in [2.45, 2.75) is 38.3 Å². The highest BCUT2D eigenvalue weighted by atomic mass is 19.1. The second-order valence-corrected chi connectivity index (χ2v) is 5.80. The summed E-state index contributed by atoms with van der Waals surface area (Å²) in [6.45, 7) is 1.56. The predicted octanol–water partition coefficient (Wildman–Crippen LogP) is 2.07. The number of hydrogen-bond acceptors (Lipinski definition) is 5. The number of ether oxygens (including phenoxy) is 1. The van der Waals surface area contributed by atoms with Crippen molar-refractivity contribution in [3.63, 3.8) is 0 Å². The largest absolute Gasteiger partial charge is 0.488 e. The lowest BCUT2D eigenvalue weighted by Crippen LogP contribution is -2.32. The molecule has 2 atom stereocenters. The van der Waals surface area contributed by atoms with Crippen LogP contribution in [-0.4, -0.2) is 38.5 Å². The minimum Gasteiger partial charge on any atom is -0.488 e. The van der Waals surface area contributed by atoms with Crippen molar-refractivity contribution in [1.29, 1.82) is 0 Å². The average molecular weight is 335 g/mol. The van der Waals surface area contributed by atoms with Crippen LogP contribution in [0.15, 0.2) is 12.3 Å². The molecule has 0 aliphatic heterocycles. The van der Waals surface area contributed by atoms with Crippen LogP contribution in [0.1, 0.15) is 25.0 Å². The zero-order valence-corrected chi connectivity index (χ0v) is 13.0. The maximum atomic E-state index is 14.6. The van der Waals surface area contributed by atoms with E-state index in [9.17, 15) is 9.18 Å². The van der Waals surface area contributed by atoms with Gasteiger partial charge < -0.3 is 20.9 Å². The van der Waals surface area contributed by atoms with Crippen LogP contribution >= 0.6 is 0 Å². The van der Waals surface area contributed by atoms with E-state index < -0.39 is 11.9 Å². The van der Waals surface area contributed by atoms with E-state index in [-0.39, 0.29) is 35.0 Å².